The summed E-state index contributed by atoms with van der Waals surface area (Å²) in [4.78, 5) is 5.81. The van der Waals surface area contributed by atoms with E-state index in [4.69, 9.17) is 0 Å². The molecule has 6 rings (SSSR count). The van der Waals surface area contributed by atoms with Gasteiger partial charge in [0.15, 0.2) is 0 Å². The molecule has 0 spiro atoms. The zero-order chi connectivity index (χ0) is 26.5. The molecule has 5 heteroatoms. The predicted molar refractivity (Wildman–Crippen MR) is 172 cm³/mol. The van der Waals surface area contributed by atoms with Gasteiger partial charge in [0, 0.05) is 0 Å². The van der Waals surface area contributed by atoms with Crippen molar-refractivity contribution in [2.24, 2.45) is 0 Å². The Morgan fingerprint density at radius 1 is 0.561 bits per heavy atom. The van der Waals surface area contributed by atoms with E-state index in [1.807, 2.05) is 22.7 Å². The fraction of sp³-hybridized carbons (Fsp3) is 0.278. The molecule has 4 aromatic carbocycles. The Balaban J connectivity index is 0.000000267. The Morgan fingerprint density at radius 2 is 0.976 bits per heavy atom. The van der Waals surface area contributed by atoms with E-state index in [1.54, 1.807) is 0 Å². The smallest absolute Gasteiger partial charge is 1.00 e. The molecule has 0 aliphatic heterocycles. The summed E-state index contributed by atoms with van der Waals surface area (Å²) in [5.41, 5.74) is 5.66. The molecule has 0 fully saturated rings. The number of rotatable bonds is 8. The third-order valence-electron chi connectivity index (χ3n) is 7.33. The van der Waals surface area contributed by atoms with Crippen LogP contribution in [0, 0.1) is 0 Å². The number of thiophene rings is 2. The molecule has 41 heavy (non-hydrogen) atoms. The summed E-state index contributed by atoms with van der Waals surface area (Å²) in [5.74, 6) is 0. The molecule has 0 nitrogen and oxygen atoms in total. The minimum atomic E-state index is 0. The van der Waals surface area contributed by atoms with Crippen LogP contribution in [0.3, 0.4) is 0 Å². The van der Waals surface area contributed by atoms with Crippen LogP contribution in [0.1, 0.15) is 61.4 Å². The largest absolute Gasteiger partial charge is 4.00 e. The first-order valence-electron chi connectivity index (χ1n) is 14.2. The maximum absolute atomic E-state index is 2.36. The second-order valence-electron chi connectivity index (χ2n) is 10.1. The van der Waals surface area contributed by atoms with Crippen molar-refractivity contribution < 1.29 is 51.0 Å². The van der Waals surface area contributed by atoms with Gasteiger partial charge in [-0.1, -0.05) is 100 Å². The van der Waals surface area contributed by atoms with Gasteiger partial charge in [-0.15, -0.1) is 69.1 Å². The van der Waals surface area contributed by atoms with Gasteiger partial charge in [-0.05, 0) is 45.2 Å². The second kappa shape index (κ2) is 17.0. The van der Waals surface area contributed by atoms with Gasteiger partial charge in [0.2, 0.25) is 0 Å². The molecule has 0 aliphatic rings. The van der Waals surface area contributed by atoms with Crippen molar-refractivity contribution in [1.29, 1.82) is 0 Å². The molecule has 0 saturated heterocycles. The van der Waals surface area contributed by atoms with E-state index in [0.29, 0.717) is 0 Å². The molecule has 0 bridgehead atoms. The van der Waals surface area contributed by atoms with Crippen LogP contribution in [0.2, 0.25) is 0 Å². The summed E-state index contributed by atoms with van der Waals surface area (Å²) in [6.45, 7) is 8.94. The number of fused-ring (bicyclic) bond motifs is 2. The normalized spacial score (nSPS) is 10.4. The van der Waals surface area contributed by atoms with Crippen LogP contribution in [0.25, 0.3) is 42.4 Å². The monoisotopic (exact) mass is 694 g/mol. The number of hydrogen-bond acceptors (Lipinski definition) is 2. The van der Waals surface area contributed by atoms with Crippen LogP contribution in [0.5, 0.6) is 0 Å². The van der Waals surface area contributed by atoms with Crippen LogP contribution in [0.4, 0.5) is 0 Å². The molecule has 0 amide bonds. The summed E-state index contributed by atoms with van der Waals surface area (Å²) >= 11 is 3.88. The van der Waals surface area contributed by atoms with E-state index >= 15 is 0 Å². The first kappa shape index (κ1) is 35.7. The first-order chi connectivity index (χ1) is 18.6. The van der Waals surface area contributed by atoms with Crippen LogP contribution < -0.4 is 24.8 Å². The minimum Gasteiger partial charge on any atom is -1.00 e. The zero-order valence-corrected chi connectivity index (χ0v) is 30.0. The zero-order valence-electron chi connectivity index (χ0n) is 24.4. The molecule has 6 aromatic rings. The summed E-state index contributed by atoms with van der Waals surface area (Å²) in [7, 11) is 0. The van der Waals surface area contributed by atoms with E-state index in [1.165, 1.54) is 89.0 Å². The molecule has 0 atom stereocenters. The minimum absolute atomic E-state index is 0. The molecule has 0 unspecified atom stereocenters. The van der Waals surface area contributed by atoms with Gasteiger partial charge in [-0.2, -0.15) is 22.7 Å². The third-order valence-corrected chi connectivity index (χ3v) is 9.72. The molecule has 212 valence electrons. The quantitative estimate of drug-likeness (QED) is 0.182. The number of hydrogen-bond donors (Lipinski definition) is 0. The van der Waals surface area contributed by atoms with Crippen LogP contribution in [-0.4, -0.2) is 0 Å². The van der Waals surface area contributed by atoms with Crippen molar-refractivity contribution in [1.82, 2.24) is 0 Å². The Hall–Kier alpha value is -1.48. The predicted octanol–water partition coefficient (Wildman–Crippen LogP) is 5.61. The SMILES string of the molecule is CCCc1ccc(-c2cc3c(CC)cccc3[cH-]2)s1.CCCc1ccc(-c2cc3c(CC)cccc3[cH-]2)s1.[Cl-].[Cl-].[Zr+4]. The maximum Gasteiger partial charge on any atom is 4.00 e. The van der Waals surface area contributed by atoms with Crippen molar-refractivity contribution in [2.75, 3.05) is 0 Å². The number of benzene rings is 2. The summed E-state index contributed by atoms with van der Waals surface area (Å²) in [6.07, 6.45) is 7.06. The molecule has 0 aliphatic carbocycles. The molecule has 2 heterocycles. The average Bonchev–Trinajstić information content (AvgIpc) is 3.74. The van der Waals surface area contributed by atoms with Crippen molar-refractivity contribution in [3.05, 3.63) is 106 Å². The van der Waals surface area contributed by atoms with Gasteiger partial charge >= 0.3 is 26.2 Å². The molecule has 0 radical (unpaired) electrons. The van der Waals surface area contributed by atoms with E-state index in [9.17, 15) is 0 Å². The molecule has 0 N–H and O–H groups in total. The van der Waals surface area contributed by atoms with Crippen molar-refractivity contribution >= 4 is 44.2 Å². The van der Waals surface area contributed by atoms with Gasteiger partial charge in [-0.25, -0.2) is 0 Å². The van der Waals surface area contributed by atoms with E-state index in [-0.39, 0.29) is 51.0 Å². The second-order valence-corrected chi connectivity index (χ2v) is 12.4. The Labute approximate surface area is 285 Å². The topological polar surface area (TPSA) is 0 Å². The summed E-state index contributed by atoms with van der Waals surface area (Å²) < 4.78 is 0. The van der Waals surface area contributed by atoms with Gasteiger partial charge in [-0.3, -0.25) is 0 Å². The van der Waals surface area contributed by atoms with Crippen molar-refractivity contribution in [3.63, 3.8) is 0 Å². The van der Waals surface area contributed by atoms with E-state index < -0.39 is 0 Å². The van der Waals surface area contributed by atoms with Crippen LogP contribution in [-0.2, 0) is 51.9 Å². The van der Waals surface area contributed by atoms with E-state index in [0.717, 1.165) is 12.8 Å². The number of halogens is 2. The van der Waals surface area contributed by atoms with Crippen LogP contribution in [0.15, 0.2) is 84.9 Å². The van der Waals surface area contributed by atoms with Crippen molar-refractivity contribution in [2.45, 2.75) is 66.2 Å². The van der Waals surface area contributed by atoms with Gasteiger partial charge in [0.1, 0.15) is 0 Å². The fourth-order valence-electron chi connectivity index (χ4n) is 5.33. The van der Waals surface area contributed by atoms with Gasteiger partial charge in [0.05, 0.1) is 0 Å². The fourth-order valence-corrected chi connectivity index (χ4v) is 7.52. The third kappa shape index (κ3) is 8.33. The van der Waals surface area contributed by atoms with Gasteiger partial charge < -0.3 is 24.8 Å². The molecule has 0 saturated carbocycles. The Bertz CT molecular complexity index is 1510. The Morgan fingerprint density at radius 3 is 1.34 bits per heavy atom. The van der Waals surface area contributed by atoms with E-state index in [2.05, 4.69) is 113 Å². The molecule has 2 aromatic heterocycles. The first-order valence-corrected chi connectivity index (χ1v) is 15.8. The number of aryl methyl sites for hydroxylation is 4. The maximum atomic E-state index is 2.36. The Kier molecular flexibility index (Phi) is 14.8. The molecular formula is C36H38Cl2S2Zr. The summed E-state index contributed by atoms with van der Waals surface area (Å²) in [6, 6.07) is 31.7. The van der Waals surface area contributed by atoms with Crippen molar-refractivity contribution in [3.8, 4) is 20.9 Å². The standard InChI is InChI=1S/2C18H19S.2ClH.Zr/c2*1-3-6-16-9-10-18(19-16)15-11-14-8-5-7-13(4-2)17(14)12-15;;;/h2*5,7-12H,3-4,6H2,1-2H3;2*1H;/q2*-1;;;+4/p-2. The average molecular weight is 697 g/mol. The van der Waals surface area contributed by atoms with Gasteiger partial charge in [0.25, 0.3) is 0 Å². The summed E-state index contributed by atoms with van der Waals surface area (Å²) in [5, 5.41) is 5.59. The molecular weight excluding hydrogens is 659 g/mol. The van der Waals surface area contributed by atoms with Crippen LogP contribution >= 0.6 is 22.7 Å².